The fraction of sp³-hybridized carbons (Fsp3) is 0.471. The molecule has 22 heavy (non-hydrogen) atoms. The lowest BCUT2D eigenvalue weighted by Crippen LogP contribution is -2.26. The molecule has 0 bridgehead atoms. The molecule has 1 atom stereocenters. The van der Waals surface area contributed by atoms with E-state index >= 15 is 0 Å². The minimum absolute atomic E-state index is 0.185. The van der Waals surface area contributed by atoms with Crippen molar-refractivity contribution in [1.82, 2.24) is 0 Å². The molecule has 0 amide bonds. The molecule has 0 saturated heterocycles. The number of Topliss-reactive ketones (excluding diaryl/α,β-unsaturated/α-hetero) is 1. The number of hydrogen-bond donors (Lipinski definition) is 4. The summed E-state index contributed by atoms with van der Waals surface area (Å²) in [6.45, 7) is 6.27. The maximum atomic E-state index is 12.5. The fourth-order valence-electron chi connectivity index (χ4n) is 2.84. The first-order chi connectivity index (χ1) is 10.0. The SMILES string of the molecule is CC(C)(O)C=Cc1cc2c(c(O)c1O)C(CO)C(C)(C)C2=O. The normalized spacial score (nSPS) is 20.6. The van der Waals surface area contributed by atoms with Crippen molar-refractivity contribution in [2.45, 2.75) is 39.2 Å². The highest BCUT2D eigenvalue weighted by Crippen LogP contribution is 2.53. The summed E-state index contributed by atoms with van der Waals surface area (Å²) in [6, 6.07) is 1.49. The van der Waals surface area contributed by atoms with Gasteiger partial charge in [-0.05, 0) is 19.9 Å². The second kappa shape index (κ2) is 5.11. The number of carbonyl (C=O) groups is 1. The van der Waals surface area contributed by atoms with Gasteiger partial charge in [0, 0.05) is 28.0 Å². The zero-order chi connectivity index (χ0) is 16.9. The van der Waals surface area contributed by atoms with Crippen LogP contribution in [0.5, 0.6) is 11.5 Å². The van der Waals surface area contributed by atoms with E-state index in [4.69, 9.17) is 0 Å². The Bertz CT molecular complexity index is 650. The minimum atomic E-state index is -1.09. The molecule has 0 radical (unpaired) electrons. The predicted octanol–water partition coefficient (Wildman–Crippen LogP) is 2.18. The zero-order valence-corrected chi connectivity index (χ0v) is 13.2. The monoisotopic (exact) mass is 306 g/mol. The first-order valence-corrected chi connectivity index (χ1v) is 7.16. The number of benzene rings is 1. The molecular formula is C17H22O5. The molecule has 120 valence electrons. The van der Waals surface area contributed by atoms with Crippen LogP contribution in [0.1, 0.15) is 55.1 Å². The third-order valence-corrected chi connectivity index (χ3v) is 4.25. The molecule has 1 aliphatic carbocycles. The van der Waals surface area contributed by atoms with Gasteiger partial charge in [0.25, 0.3) is 0 Å². The van der Waals surface area contributed by atoms with E-state index in [1.54, 1.807) is 27.7 Å². The molecule has 0 spiro atoms. The van der Waals surface area contributed by atoms with E-state index < -0.39 is 16.9 Å². The number of aliphatic hydroxyl groups excluding tert-OH is 1. The Kier molecular flexibility index (Phi) is 3.83. The summed E-state index contributed by atoms with van der Waals surface area (Å²) in [4.78, 5) is 12.5. The Morgan fingerprint density at radius 3 is 2.36 bits per heavy atom. The number of phenols is 2. The summed E-state index contributed by atoms with van der Waals surface area (Å²) in [6.07, 6.45) is 2.92. The first-order valence-electron chi connectivity index (χ1n) is 7.16. The molecule has 5 nitrogen and oxygen atoms in total. The molecule has 1 aromatic carbocycles. The molecule has 2 rings (SSSR count). The molecule has 0 saturated carbocycles. The number of carbonyl (C=O) groups excluding carboxylic acids is 1. The minimum Gasteiger partial charge on any atom is -0.504 e. The Hall–Kier alpha value is -1.85. The molecular weight excluding hydrogens is 284 g/mol. The van der Waals surface area contributed by atoms with Gasteiger partial charge in [-0.15, -0.1) is 0 Å². The average molecular weight is 306 g/mol. The van der Waals surface area contributed by atoms with Crippen LogP contribution in [0.3, 0.4) is 0 Å². The Balaban J connectivity index is 2.64. The summed E-state index contributed by atoms with van der Waals surface area (Å²) in [5.74, 6) is -1.49. The van der Waals surface area contributed by atoms with Gasteiger partial charge in [-0.1, -0.05) is 26.0 Å². The van der Waals surface area contributed by atoms with E-state index in [2.05, 4.69) is 0 Å². The van der Waals surface area contributed by atoms with E-state index in [1.165, 1.54) is 18.2 Å². The number of aliphatic hydroxyl groups is 2. The molecule has 0 fully saturated rings. The Morgan fingerprint density at radius 1 is 1.27 bits per heavy atom. The molecule has 1 unspecified atom stereocenters. The molecule has 1 aliphatic rings. The molecule has 0 aromatic heterocycles. The maximum absolute atomic E-state index is 12.5. The first kappa shape index (κ1) is 16.5. The lowest BCUT2D eigenvalue weighted by atomic mass is 9.79. The number of rotatable bonds is 3. The van der Waals surface area contributed by atoms with Crippen LogP contribution in [0, 0.1) is 5.41 Å². The van der Waals surface area contributed by atoms with E-state index in [0.29, 0.717) is 5.56 Å². The third-order valence-electron chi connectivity index (χ3n) is 4.25. The zero-order valence-electron chi connectivity index (χ0n) is 13.2. The second-order valence-electron chi connectivity index (χ2n) is 6.90. The highest BCUT2D eigenvalue weighted by atomic mass is 16.3. The van der Waals surface area contributed by atoms with Gasteiger partial charge in [0.1, 0.15) is 0 Å². The van der Waals surface area contributed by atoms with Crippen molar-refractivity contribution in [3.63, 3.8) is 0 Å². The molecule has 0 aliphatic heterocycles. The van der Waals surface area contributed by atoms with Gasteiger partial charge in [0.05, 0.1) is 12.2 Å². The second-order valence-corrected chi connectivity index (χ2v) is 6.90. The Morgan fingerprint density at radius 2 is 1.86 bits per heavy atom. The van der Waals surface area contributed by atoms with Crippen molar-refractivity contribution in [2.75, 3.05) is 6.61 Å². The van der Waals surface area contributed by atoms with Crippen molar-refractivity contribution in [3.8, 4) is 11.5 Å². The standard InChI is InChI=1S/C17H22O5/c1-16(2,22)6-5-9-7-10-12(14(20)13(9)19)11(8-18)17(3,4)15(10)21/h5-7,11,18-20,22H,8H2,1-4H3. The highest BCUT2D eigenvalue weighted by molar-refractivity contribution is 6.07. The summed E-state index contributed by atoms with van der Waals surface area (Å²) >= 11 is 0. The van der Waals surface area contributed by atoms with Crippen LogP contribution in [0.25, 0.3) is 6.08 Å². The molecule has 4 N–H and O–H groups in total. The summed E-state index contributed by atoms with van der Waals surface area (Å²) in [5, 5.41) is 39.7. The van der Waals surface area contributed by atoms with Gasteiger partial charge in [-0.3, -0.25) is 4.79 Å². The van der Waals surface area contributed by atoms with E-state index in [9.17, 15) is 25.2 Å². The van der Waals surface area contributed by atoms with Crippen LogP contribution in [0.4, 0.5) is 0 Å². The van der Waals surface area contributed by atoms with Crippen LogP contribution < -0.4 is 0 Å². The van der Waals surface area contributed by atoms with Gasteiger partial charge >= 0.3 is 0 Å². The topological polar surface area (TPSA) is 98.0 Å². The van der Waals surface area contributed by atoms with Gasteiger partial charge in [-0.25, -0.2) is 0 Å². The Labute approximate surface area is 129 Å². The summed E-state index contributed by atoms with van der Waals surface area (Å²) < 4.78 is 0. The lowest BCUT2D eigenvalue weighted by Gasteiger charge is -2.24. The van der Waals surface area contributed by atoms with Crippen LogP contribution in [0.15, 0.2) is 12.1 Å². The van der Waals surface area contributed by atoms with Crippen molar-refractivity contribution in [1.29, 1.82) is 0 Å². The third kappa shape index (κ3) is 2.51. The quantitative estimate of drug-likeness (QED) is 0.642. The number of fused-ring (bicyclic) bond motifs is 1. The van der Waals surface area contributed by atoms with Crippen molar-refractivity contribution in [3.05, 3.63) is 28.8 Å². The fourth-order valence-corrected chi connectivity index (χ4v) is 2.84. The molecule has 1 aromatic rings. The van der Waals surface area contributed by atoms with Gasteiger partial charge < -0.3 is 20.4 Å². The summed E-state index contributed by atoms with van der Waals surface area (Å²) in [5.41, 5.74) is -1.09. The summed E-state index contributed by atoms with van der Waals surface area (Å²) in [7, 11) is 0. The van der Waals surface area contributed by atoms with Crippen LogP contribution in [-0.2, 0) is 0 Å². The van der Waals surface area contributed by atoms with E-state index in [-0.39, 0.29) is 35.0 Å². The van der Waals surface area contributed by atoms with Crippen LogP contribution >= 0.6 is 0 Å². The van der Waals surface area contributed by atoms with E-state index in [0.717, 1.165) is 0 Å². The van der Waals surface area contributed by atoms with Crippen molar-refractivity contribution >= 4 is 11.9 Å². The van der Waals surface area contributed by atoms with Gasteiger partial charge in [0.15, 0.2) is 17.3 Å². The largest absolute Gasteiger partial charge is 0.504 e. The number of aromatic hydroxyl groups is 2. The number of phenolic OH excluding ortho intramolecular Hbond substituents is 2. The van der Waals surface area contributed by atoms with Crippen molar-refractivity contribution < 1.29 is 25.2 Å². The predicted molar refractivity (Wildman–Crippen MR) is 83.0 cm³/mol. The van der Waals surface area contributed by atoms with Gasteiger partial charge in [0.2, 0.25) is 0 Å². The lowest BCUT2D eigenvalue weighted by molar-refractivity contribution is 0.0793. The van der Waals surface area contributed by atoms with Crippen molar-refractivity contribution in [2.24, 2.45) is 5.41 Å². The smallest absolute Gasteiger partial charge is 0.169 e. The molecule has 5 heteroatoms. The van der Waals surface area contributed by atoms with Crippen LogP contribution in [-0.4, -0.2) is 38.4 Å². The number of hydrogen-bond acceptors (Lipinski definition) is 5. The van der Waals surface area contributed by atoms with Crippen LogP contribution in [0.2, 0.25) is 0 Å². The highest BCUT2D eigenvalue weighted by Gasteiger charge is 2.48. The van der Waals surface area contributed by atoms with Gasteiger partial charge in [-0.2, -0.15) is 0 Å². The average Bonchev–Trinajstić information content (AvgIpc) is 2.59. The van der Waals surface area contributed by atoms with E-state index in [1.807, 2.05) is 0 Å². The maximum Gasteiger partial charge on any atom is 0.169 e. The number of ketones is 1. The molecule has 0 heterocycles.